The summed E-state index contributed by atoms with van der Waals surface area (Å²) in [4.78, 5) is 51.3. The molecule has 11 heteroatoms. The van der Waals surface area contributed by atoms with Crippen LogP contribution >= 0.6 is 0 Å². The van der Waals surface area contributed by atoms with Gasteiger partial charge in [0.25, 0.3) is 0 Å². The van der Waals surface area contributed by atoms with Crippen molar-refractivity contribution in [2.24, 2.45) is 0 Å². The Hall–Kier alpha value is -4.38. The summed E-state index contributed by atoms with van der Waals surface area (Å²) in [7, 11) is 2.54. The molecule has 1 fully saturated rings. The van der Waals surface area contributed by atoms with E-state index in [1.165, 1.54) is 20.3 Å². The number of furan rings is 1. The third-order valence-corrected chi connectivity index (χ3v) is 6.41. The molecule has 1 saturated heterocycles. The first-order valence-electron chi connectivity index (χ1n) is 12.0. The van der Waals surface area contributed by atoms with Gasteiger partial charge in [-0.1, -0.05) is 12.1 Å². The van der Waals surface area contributed by atoms with Gasteiger partial charge in [0.2, 0.25) is 17.6 Å². The van der Waals surface area contributed by atoms with E-state index in [9.17, 15) is 24.3 Å². The minimum atomic E-state index is -0.940. The summed E-state index contributed by atoms with van der Waals surface area (Å²) >= 11 is 0. The highest BCUT2D eigenvalue weighted by molar-refractivity contribution is 5.89. The van der Waals surface area contributed by atoms with E-state index in [2.05, 4.69) is 0 Å². The molecule has 1 amide bonds. The highest BCUT2D eigenvalue weighted by atomic mass is 16.5. The first-order chi connectivity index (χ1) is 18.3. The predicted octanol–water partition coefficient (Wildman–Crippen LogP) is 2.36. The molecular weight excluding hydrogens is 496 g/mol. The molecule has 3 heterocycles. The molecule has 1 N–H and O–H groups in total. The number of rotatable bonds is 9. The monoisotopic (exact) mass is 524 g/mol. The zero-order valence-corrected chi connectivity index (χ0v) is 21.0. The van der Waals surface area contributed by atoms with Crippen LogP contribution in [0.5, 0.6) is 5.75 Å². The van der Waals surface area contributed by atoms with Crippen LogP contribution in [0.4, 0.5) is 0 Å². The van der Waals surface area contributed by atoms with Crippen molar-refractivity contribution < 1.29 is 37.8 Å². The Labute approximate surface area is 218 Å². The number of piperazine rings is 1. The van der Waals surface area contributed by atoms with Crippen molar-refractivity contribution in [3.63, 3.8) is 0 Å². The summed E-state index contributed by atoms with van der Waals surface area (Å²) in [6.07, 6.45) is 0.557. The maximum atomic E-state index is 12.7. The molecule has 1 atom stereocenters. The van der Waals surface area contributed by atoms with Gasteiger partial charge in [-0.3, -0.25) is 19.3 Å². The van der Waals surface area contributed by atoms with Crippen LogP contribution in [0.15, 0.2) is 56.1 Å². The summed E-state index contributed by atoms with van der Waals surface area (Å²) in [5.74, 6) is -1.69. The SMILES string of the molecule is COC(=O)C[C@@H](c1ccc(-c2ccc(C(=O)OC)cc2)o1)c1oc(CN2CCN(C=O)CC2)cc(=O)c1O. The second-order valence-corrected chi connectivity index (χ2v) is 8.81. The molecule has 0 aliphatic carbocycles. The number of esters is 2. The number of carbonyl (C=O) groups is 3. The molecule has 1 aromatic carbocycles. The van der Waals surface area contributed by atoms with Crippen LogP contribution in [0.2, 0.25) is 0 Å². The lowest BCUT2D eigenvalue weighted by molar-refractivity contribution is -0.141. The molecule has 4 rings (SSSR count). The van der Waals surface area contributed by atoms with Gasteiger partial charge in [-0.05, 0) is 24.3 Å². The zero-order valence-electron chi connectivity index (χ0n) is 21.0. The van der Waals surface area contributed by atoms with E-state index in [-0.39, 0.29) is 24.5 Å². The zero-order chi connectivity index (χ0) is 27.2. The van der Waals surface area contributed by atoms with Crippen molar-refractivity contribution in [2.45, 2.75) is 18.9 Å². The number of amides is 1. The highest BCUT2D eigenvalue weighted by Gasteiger charge is 2.30. The molecule has 1 aliphatic heterocycles. The third kappa shape index (κ3) is 5.94. The van der Waals surface area contributed by atoms with E-state index in [1.807, 2.05) is 4.90 Å². The van der Waals surface area contributed by atoms with Gasteiger partial charge >= 0.3 is 11.9 Å². The maximum absolute atomic E-state index is 12.7. The van der Waals surface area contributed by atoms with E-state index >= 15 is 0 Å². The third-order valence-electron chi connectivity index (χ3n) is 6.41. The lowest BCUT2D eigenvalue weighted by Crippen LogP contribution is -2.45. The standard InChI is InChI=1S/C27H28N2O9/c1-35-24(32)14-20(23-8-7-22(38-23)17-3-5-18(6-4-17)27(34)36-2)26-25(33)21(31)13-19(37-26)15-28-9-11-29(16-30)12-10-28/h3-8,13,16,20,33H,9-12,14-15H2,1-2H3/t20-/m0/s1. The Bertz CT molecular complexity index is 1350. The molecule has 0 radical (unpaired) electrons. The number of hydrogen-bond donors (Lipinski definition) is 1. The molecule has 3 aromatic rings. The molecule has 1 aliphatic rings. The van der Waals surface area contributed by atoms with E-state index in [1.54, 1.807) is 41.3 Å². The second kappa shape index (κ2) is 11.8. The number of methoxy groups -OCH3 is 2. The van der Waals surface area contributed by atoms with Crippen LogP contribution in [0.1, 0.15) is 40.0 Å². The van der Waals surface area contributed by atoms with E-state index in [0.717, 1.165) is 6.41 Å². The van der Waals surface area contributed by atoms with Crippen molar-refractivity contribution in [3.8, 4) is 17.1 Å². The Morgan fingerprint density at radius 1 is 1.03 bits per heavy atom. The van der Waals surface area contributed by atoms with Crippen molar-refractivity contribution in [2.75, 3.05) is 40.4 Å². The minimum absolute atomic E-state index is 0.105. The fraction of sp³-hybridized carbons (Fsp3) is 0.333. The number of carbonyl (C=O) groups excluding carboxylic acids is 3. The van der Waals surface area contributed by atoms with Crippen molar-refractivity contribution in [3.05, 3.63) is 75.5 Å². The van der Waals surface area contributed by atoms with Crippen molar-refractivity contribution >= 4 is 18.3 Å². The first kappa shape index (κ1) is 26.7. The Balaban J connectivity index is 1.64. The van der Waals surface area contributed by atoms with Crippen molar-refractivity contribution in [1.82, 2.24) is 9.80 Å². The number of hydrogen-bond acceptors (Lipinski definition) is 10. The minimum Gasteiger partial charge on any atom is -0.502 e. The van der Waals surface area contributed by atoms with Crippen LogP contribution in [0.25, 0.3) is 11.3 Å². The fourth-order valence-electron chi connectivity index (χ4n) is 4.27. The molecule has 0 saturated carbocycles. The van der Waals surface area contributed by atoms with E-state index < -0.39 is 29.0 Å². The van der Waals surface area contributed by atoms with Gasteiger partial charge in [0.05, 0.1) is 38.7 Å². The molecule has 200 valence electrons. The van der Waals surface area contributed by atoms with Crippen LogP contribution in [0, 0.1) is 0 Å². The van der Waals surface area contributed by atoms with Crippen LogP contribution in [0.3, 0.4) is 0 Å². The van der Waals surface area contributed by atoms with E-state index in [4.69, 9.17) is 18.3 Å². The van der Waals surface area contributed by atoms with Gasteiger partial charge in [0, 0.05) is 37.8 Å². The van der Waals surface area contributed by atoms with Crippen LogP contribution < -0.4 is 5.43 Å². The Morgan fingerprint density at radius 3 is 2.37 bits per heavy atom. The summed E-state index contributed by atoms with van der Waals surface area (Å²) < 4.78 is 21.6. The normalized spacial score (nSPS) is 14.6. The van der Waals surface area contributed by atoms with Crippen LogP contribution in [-0.4, -0.2) is 73.7 Å². The molecular formula is C27H28N2O9. The smallest absolute Gasteiger partial charge is 0.337 e. The Kier molecular flexibility index (Phi) is 8.27. The summed E-state index contributed by atoms with van der Waals surface area (Å²) in [6, 6.07) is 11.1. The van der Waals surface area contributed by atoms with Gasteiger partial charge in [0.15, 0.2) is 5.76 Å². The average Bonchev–Trinajstić information content (AvgIpc) is 3.43. The van der Waals surface area contributed by atoms with Gasteiger partial charge in [-0.2, -0.15) is 0 Å². The first-order valence-corrected chi connectivity index (χ1v) is 12.0. The van der Waals surface area contributed by atoms with E-state index in [0.29, 0.717) is 48.8 Å². The topological polar surface area (TPSA) is 140 Å². The van der Waals surface area contributed by atoms with Gasteiger partial charge in [-0.25, -0.2) is 4.79 Å². The predicted molar refractivity (Wildman–Crippen MR) is 134 cm³/mol. The maximum Gasteiger partial charge on any atom is 0.337 e. The van der Waals surface area contributed by atoms with Gasteiger partial charge in [0.1, 0.15) is 17.3 Å². The lowest BCUT2D eigenvalue weighted by Gasteiger charge is -2.32. The molecule has 38 heavy (non-hydrogen) atoms. The molecule has 0 unspecified atom stereocenters. The van der Waals surface area contributed by atoms with Crippen LogP contribution in [-0.2, 0) is 25.6 Å². The summed E-state index contributed by atoms with van der Waals surface area (Å²) in [5, 5.41) is 10.6. The quantitative estimate of drug-likeness (QED) is 0.328. The Morgan fingerprint density at radius 2 is 1.74 bits per heavy atom. The molecule has 0 spiro atoms. The second-order valence-electron chi connectivity index (χ2n) is 8.81. The fourth-order valence-corrected chi connectivity index (χ4v) is 4.27. The largest absolute Gasteiger partial charge is 0.502 e. The molecule has 0 bridgehead atoms. The number of aromatic hydroxyl groups is 1. The average molecular weight is 525 g/mol. The summed E-state index contributed by atoms with van der Waals surface area (Å²) in [5.41, 5.74) is 0.394. The van der Waals surface area contributed by atoms with Gasteiger partial charge < -0.3 is 28.3 Å². The van der Waals surface area contributed by atoms with Gasteiger partial charge in [-0.15, -0.1) is 0 Å². The summed E-state index contributed by atoms with van der Waals surface area (Å²) in [6.45, 7) is 2.59. The van der Waals surface area contributed by atoms with Crippen molar-refractivity contribution in [1.29, 1.82) is 0 Å². The number of ether oxygens (including phenoxy) is 2. The molecule has 11 nitrogen and oxygen atoms in total. The number of benzene rings is 1. The molecule has 2 aromatic heterocycles. The lowest BCUT2D eigenvalue weighted by atomic mass is 9.98. The number of nitrogens with zero attached hydrogens (tertiary/aromatic N) is 2. The highest BCUT2D eigenvalue weighted by Crippen LogP contribution is 2.36.